The monoisotopic (exact) mass is 379 g/mol. The maximum atomic E-state index is 12.1. The minimum absolute atomic E-state index is 0.00295. The van der Waals surface area contributed by atoms with Crippen molar-refractivity contribution >= 4 is 28.9 Å². The van der Waals surface area contributed by atoms with Crippen LogP contribution in [0.15, 0.2) is 36.4 Å². The molecule has 1 saturated heterocycles. The van der Waals surface area contributed by atoms with E-state index in [9.17, 15) is 4.79 Å². The molecule has 4 heterocycles. The SMILES string of the molecule is CC1(C)C(=O)Nc2cc(Nc3nc4cccc(O[C@@H]5CCOC5)n4n3)ccc21. The van der Waals surface area contributed by atoms with Gasteiger partial charge < -0.3 is 20.1 Å². The summed E-state index contributed by atoms with van der Waals surface area (Å²) in [4.78, 5) is 16.7. The summed E-state index contributed by atoms with van der Waals surface area (Å²) in [6.07, 6.45) is 0.905. The zero-order chi connectivity index (χ0) is 19.3. The van der Waals surface area contributed by atoms with Gasteiger partial charge in [-0.1, -0.05) is 12.1 Å². The fourth-order valence-corrected chi connectivity index (χ4v) is 3.60. The van der Waals surface area contributed by atoms with Crippen molar-refractivity contribution in [2.45, 2.75) is 31.8 Å². The molecule has 2 aromatic heterocycles. The van der Waals surface area contributed by atoms with E-state index >= 15 is 0 Å². The van der Waals surface area contributed by atoms with Crippen molar-refractivity contribution in [1.82, 2.24) is 14.6 Å². The molecule has 0 unspecified atom stereocenters. The zero-order valence-electron chi connectivity index (χ0n) is 15.7. The first-order chi connectivity index (χ1) is 13.5. The fraction of sp³-hybridized carbons (Fsp3) is 0.350. The third kappa shape index (κ3) is 2.77. The number of pyridine rings is 1. The van der Waals surface area contributed by atoms with Crippen LogP contribution in [0.25, 0.3) is 5.65 Å². The highest BCUT2D eigenvalue weighted by Crippen LogP contribution is 2.38. The molecule has 2 aliphatic rings. The predicted molar refractivity (Wildman–Crippen MR) is 104 cm³/mol. The Labute approximate surface area is 161 Å². The summed E-state index contributed by atoms with van der Waals surface area (Å²) in [7, 11) is 0. The average molecular weight is 379 g/mol. The molecule has 2 N–H and O–H groups in total. The van der Waals surface area contributed by atoms with Crippen LogP contribution in [0.3, 0.4) is 0 Å². The highest BCUT2D eigenvalue weighted by molar-refractivity contribution is 6.06. The predicted octanol–water partition coefficient (Wildman–Crippen LogP) is 2.87. The number of carbonyl (C=O) groups is 1. The summed E-state index contributed by atoms with van der Waals surface area (Å²) in [5.41, 5.74) is 2.77. The van der Waals surface area contributed by atoms with Gasteiger partial charge in [-0.2, -0.15) is 9.50 Å². The zero-order valence-corrected chi connectivity index (χ0v) is 15.7. The van der Waals surface area contributed by atoms with Crippen LogP contribution in [0, 0.1) is 0 Å². The number of carbonyl (C=O) groups excluding carboxylic acids is 1. The lowest BCUT2D eigenvalue weighted by Crippen LogP contribution is -2.26. The van der Waals surface area contributed by atoms with Crippen LogP contribution in [0.5, 0.6) is 5.88 Å². The molecule has 1 aromatic carbocycles. The molecule has 0 saturated carbocycles. The summed E-state index contributed by atoms with van der Waals surface area (Å²) in [6.45, 7) is 5.15. The first-order valence-electron chi connectivity index (χ1n) is 9.34. The van der Waals surface area contributed by atoms with E-state index in [0.717, 1.165) is 30.0 Å². The number of benzene rings is 1. The Bertz CT molecular complexity index is 1070. The van der Waals surface area contributed by atoms with Crippen LogP contribution in [0.4, 0.5) is 17.3 Å². The molecular formula is C20H21N5O3. The van der Waals surface area contributed by atoms with Crippen molar-refractivity contribution in [3.63, 3.8) is 0 Å². The quantitative estimate of drug-likeness (QED) is 0.725. The van der Waals surface area contributed by atoms with Crippen molar-refractivity contribution in [2.24, 2.45) is 0 Å². The Kier molecular flexibility index (Phi) is 3.77. The second-order valence-electron chi connectivity index (χ2n) is 7.64. The number of nitrogens with zero attached hydrogens (tertiary/aromatic N) is 3. The second-order valence-corrected chi connectivity index (χ2v) is 7.64. The molecular weight excluding hydrogens is 358 g/mol. The van der Waals surface area contributed by atoms with Gasteiger partial charge in [0.1, 0.15) is 6.10 Å². The molecule has 8 nitrogen and oxygen atoms in total. The Hall–Kier alpha value is -3.13. The number of ether oxygens (including phenoxy) is 2. The number of hydrogen-bond acceptors (Lipinski definition) is 6. The van der Waals surface area contributed by atoms with Gasteiger partial charge in [0.25, 0.3) is 0 Å². The van der Waals surface area contributed by atoms with E-state index in [1.54, 1.807) is 4.52 Å². The van der Waals surface area contributed by atoms with Crippen molar-refractivity contribution in [2.75, 3.05) is 23.8 Å². The first kappa shape index (κ1) is 17.0. The van der Waals surface area contributed by atoms with Gasteiger partial charge >= 0.3 is 0 Å². The molecule has 8 heteroatoms. The minimum atomic E-state index is -0.522. The van der Waals surface area contributed by atoms with Gasteiger partial charge in [-0.3, -0.25) is 4.79 Å². The van der Waals surface area contributed by atoms with E-state index in [1.165, 1.54) is 0 Å². The van der Waals surface area contributed by atoms with Crippen LogP contribution in [-0.2, 0) is 14.9 Å². The number of fused-ring (bicyclic) bond motifs is 2. The maximum Gasteiger partial charge on any atom is 0.247 e. The topological polar surface area (TPSA) is 89.8 Å². The van der Waals surface area contributed by atoms with Gasteiger partial charge in [-0.15, -0.1) is 5.10 Å². The lowest BCUT2D eigenvalue weighted by molar-refractivity contribution is -0.119. The van der Waals surface area contributed by atoms with Gasteiger partial charge in [0, 0.05) is 23.9 Å². The molecule has 3 aromatic rings. The molecule has 1 fully saturated rings. The number of hydrogen-bond donors (Lipinski definition) is 2. The minimum Gasteiger partial charge on any atom is -0.472 e. The number of amides is 1. The Morgan fingerprint density at radius 2 is 2.21 bits per heavy atom. The van der Waals surface area contributed by atoms with E-state index in [2.05, 4.69) is 20.7 Å². The van der Waals surface area contributed by atoms with Crippen LogP contribution in [-0.4, -0.2) is 39.8 Å². The van der Waals surface area contributed by atoms with Crippen molar-refractivity contribution in [3.05, 3.63) is 42.0 Å². The summed E-state index contributed by atoms with van der Waals surface area (Å²) < 4.78 is 13.1. The normalized spacial score (nSPS) is 20.2. The van der Waals surface area contributed by atoms with Crippen LogP contribution >= 0.6 is 0 Å². The number of aromatic nitrogens is 3. The summed E-state index contributed by atoms with van der Waals surface area (Å²) in [6, 6.07) is 11.4. The molecule has 144 valence electrons. The van der Waals surface area contributed by atoms with Gasteiger partial charge in [0.05, 0.1) is 18.6 Å². The molecule has 0 bridgehead atoms. The van der Waals surface area contributed by atoms with E-state index in [1.807, 2.05) is 50.2 Å². The van der Waals surface area contributed by atoms with E-state index in [-0.39, 0.29) is 12.0 Å². The lowest BCUT2D eigenvalue weighted by Gasteiger charge is -2.15. The Morgan fingerprint density at radius 1 is 1.32 bits per heavy atom. The van der Waals surface area contributed by atoms with Gasteiger partial charge in [0.15, 0.2) is 5.65 Å². The molecule has 0 aliphatic carbocycles. The molecule has 1 atom stereocenters. The summed E-state index contributed by atoms with van der Waals surface area (Å²) >= 11 is 0. The van der Waals surface area contributed by atoms with E-state index in [0.29, 0.717) is 24.1 Å². The van der Waals surface area contributed by atoms with Crippen molar-refractivity contribution in [3.8, 4) is 5.88 Å². The van der Waals surface area contributed by atoms with E-state index < -0.39 is 5.41 Å². The summed E-state index contributed by atoms with van der Waals surface area (Å²) in [5, 5.41) is 10.7. The fourth-order valence-electron chi connectivity index (χ4n) is 3.60. The largest absolute Gasteiger partial charge is 0.472 e. The molecule has 2 aliphatic heterocycles. The maximum absolute atomic E-state index is 12.1. The Morgan fingerprint density at radius 3 is 3.04 bits per heavy atom. The van der Waals surface area contributed by atoms with Gasteiger partial charge in [-0.05, 0) is 37.6 Å². The van der Waals surface area contributed by atoms with Crippen molar-refractivity contribution in [1.29, 1.82) is 0 Å². The number of anilines is 3. The lowest BCUT2D eigenvalue weighted by atomic mass is 9.86. The molecule has 1 amide bonds. The molecule has 0 radical (unpaired) electrons. The molecule has 5 rings (SSSR count). The Balaban J connectivity index is 1.42. The highest BCUT2D eigenvalue weighted by Gasteiger charge is 2.38. The van der Waals surface area contributed by atoms with Crippen LogP contribution in [0.2, 0.25) is 0 Å². The van der Waals surface area contributed by atoms with Crippen LogP contribution < -0.4 is 15.4 Å². The second kappa shape index (κ2) is 6.20. The first-order valence-corrected chi connectivity index (χ1v) is 9.34. The van der Waals surface area contributed by atoms with Crippen LogP contribution in [0.1, 0.15) is 25.8 Å². The van der Waals surface area contributed by atoms with E-state index in [4.69, 9.17) is 9.47 Å². The smallest absolute Gasteiger partial charge is 0.247 e. The third-order valence-corrected chi connectivity index (χ3v) is 5.27. The standard InChI is InChI=1S/C20H21N5O3/c1-20(2)14-7-6-12(10-15(14)22-18(20)26)21-19-23-16-4-3-5-17(25(16)24-19)28-13-8-9-27-11-13/h3-7,10,13H,8-9,11H2,1-2H3,(H,21,24)(H,22,26)/t13-/m1/s1. The molecule has 28 heavy (non-hydrogen) atoms. The number of nitrogens with one attached hydrogen (secondary N) is 2. The molecule has 0 spiro atoms. The number of rotatable bonds is 4. The van der Waals surface area contributed by atoms with Gasteiger partial charge in [0.2, 0.25) is 17.7 Å². The van der Waals surface area contributed by atoms with Crippen molar-refractivity contribution < 1.29 is 14.3 Å². The summed E-state index contributed by atoms with van der Waals surface area (Å²) in [5.74, 6) is 1.10. The third-order valence-electron chi connectivity index (χ3n) is 5.27. The average Bonchev–Trinajstić information content (AvgIpc) is 3.35. The highest BCUT2D eigenvalue weighted by atomic mass is 16.5. The van der Waals surface area contributed by atoms with Gasteiger partial charge in [-0.25, -0.2) is 0 Å².